The minimum atomic E-state index is -0.00804. The van der Waals surface area contributed by atoms with Crippen LogP contribution >= 0.6 is 11.6 Å². The average Bonchev–Trinajstić information content (AvgIpc) is 2.38. The van der Waals surface area contributed by atoms with Gasteiger partial charge in [0, 0.05) is 25.4 Å². The van der Waals surface area contributed by atoms with Crippen molar-refractivity contribution in [3.8, 4) is 0 Å². The van der Waals surface area contributed by atoms with E-state index in [0.29, 0.717) is 23.2 Å². The van der Waals surface area contributed by atoms with Crippen LogP contribution in [-0.2, 0) is 4.74 Å². The van der Waals surface area contributed by atoms with Gasteiger partial charge in [0.25, 0.3) is 0 Å². The molecule has 4 nitrogen and oxygen atoms in total. The van der Waals surface area contributed by atoms with Crippen LogP contribution in [0.1, 0.15) is 25.8 Å². The molecule has 0 amide bonds. The molecule has 1 aromatic rings. The number of ether oxygens (including phenoxy) is 1. The Kier molecular flexibility index (Phi) is 6.12. The van der Waals surface area contributed by atoms with Crippen molar-refractivity contribution in [3.05, 3.63) is 28.8 Å². The van der Waals surface area contributed by atoms with Crippen molar-refractivity contribution in [3.63, 3.8) is 0 Å². The quantitative estimate of drug-likeness (QED) is 0.597. The molecule has 1 atom stereocenters. The van der Waals surface area contributed by atoms with Crippen LogP contribution in [0.25, 0.3) is 0 Å². The molecule has 0 fully saturated rings. The second-order valence-corrected chi connectivity index (χ2v) is 4.90. The van der Waals surface area contributed by atoms with Crippen molar-refractivity contribution in [2.75, 3.05) is 25.2 Å². The first-order valence-electron chi connectivity index (χ1n) is 6.41. The van der Waals surface area contributed by atoms with E-state index in [4.69, 9.17) is 27.5 Å². The van der Waals surface area contributed by atoms with Gasteiger partial charge in [-0.05, 0) is 25.5 Å². The summed E-state index contributed by atoms with van der Waals surface area (Å²) in [4.78, 5) is 2.19. The molecular weight excluding hydrogens is 262 g/mol. The summed E-state index contributed by atoms with van der Waals surface area (Å²) in [6.07, 6.45) is 0.994. The van der Waals surface area contributed by atoms with E-state index in [-0.39, 0.29) is 5.84 Å². The number of hydrogen-bond acceptors (Lipinski definition) is 3. The third kappa shape index (κ3) is 3.85. The van der Waals surface area contributed by atoms with E-state index in [9.17, 15) is 0 Å². The summed E-state index contributed by atoms with van der Waals surface area (Å²) in [5.74, 6) is -0.00804. The molecule has 5 heteroatoms. The van der Waals surface area contributed by atoms with Crippen LogP contribution in [0.4, 0.5) is 5.69 Å². The van der Waals surface area contributed by atoms with E-state index in [1.165, 1.54) is 0 Å². The molecule has 0 saturated carbocycles. The van der Waals surface area contributed by atoms with Gasteiger partial charge in [0.2, 0.25) is 0 Å². The molecule has 3 N–H and O–H groups in total. The van der Waals surface area contributed by atoms with Crippen molar-refractivity contribution in [2.24, 2.45) is 5.73 Å². The Hall–Kier alpha value is -1.26. The zero-order valence-corrected chi connectivity index (χ0v) is 12.5. The number of anilines is 1. The van der Waals surface area contributed by atoms with Crippen molar-refractivity contribution < 1.29 is 4.74 Å². The van der Waals surface area contributed by atoms with Gasteiger partial charge in [0.15, 0.2) is 0 Å². The monoisotopic (exact) mass is 283 g/mol. The van der Waals surface area contributed by atoms with E-state index in [1.54, 1.807) is 13.2 Å². The number of nitrogens with one attached hydrogen (secondary N) is 1. The van der Waals surface area contributed by atoms with Gasteiger partial charge in [-0.3, -0.25) is 5.41 Å². The molecule has 1 aromatic carbocycles. The molecule has 0 bridgehead atoms. The molecule has 0 spiro atoms. The zero-order chi connectivity index (χ0) is 14.4. The molecule has 1 rings (SSSR count). The van der Waals surface area contributed by atoms with Crippen LogP contribution < -0.4 is 10.6 Å². The first-order valence-corrected chi connectivity index (χ1v) is 6.79. The minimum absolute atomic E-state index is 0.00804. The van der Waals surface area contributed by atoms with Crippen LogP contribution in [0.15, 0.2) is 18.2 Å². The highest BCUT2D eigenvalue weighted by Crippen LogP contribution is 2.29. The topological polar surface area (TPSA) is 62.3 Å². The standard InChI is InChI=1S/C14H22ClN3O/c1-4-10(2)18(8-9-19-3)12-7-5-6-11(15)13(12)14(16)17/h5-7,10H,4,8-9H2,1-3H3,(H3,16,17). The summed E-state index contributed by atoms with van der Waals surface area (Å²) in [5, 5.41) is 8.23. The maximum atomic E-state index is 7.72. The summed E-state index contributed by atoms with van der Waals surface area (Å²) in [5.41, 5.74) is 7.16. The highest BCUT2D eigenvalue weighted by Gasteiger charge is 2.19. The van der Waals surface area contributed by atoms with E-state index in [0.717, 1.165) is 18.7 Å². The Labute approximate surface area is 120 Å². The Morgan fingerprint density at radius 3 is 2.74 bits per heavy atom. The number of nitrogens with two attached hydrogens (primary N) is 1. The van der Waals surface area contributed by atoms with Crippen molar-refractivity contribution in [2.45, 2.75) is 26.3 Å². The van der Waals surface area contributed by atoms with Gasteiger partial charge in [-0.25, -0.2) is 0 Å². The summed E-state index contributed by atoms with van der Waals surface area (Å²) in [7, 11) is 1.68. The smallest absolute Gasteiger partial charge is 0.126 e. The molecular formula is C14H22ClN3O. The molecule has 0 radical (unpaired) electrons. The molecule has 0 aliphatic carbocycles. The van der Waals surface area contributed by atoms with Gasteiger partial charge in [-0.1, -0.05) is 24.6 Å². The molecule has 0 saturated heterocycles. The summed E-state index contributed by atoms with van der Waals surface area (Å²) in [6.45, 7) is 5.63. The van der Waals surface area contributed by atoms with Gasteiger partial charge in [-0.2, -0.15) is 0 Å². The lowest BCUT2D eigenvalue weighted by atomic mass is 10.1. The Morgan fingerprint density at radius 1 is 1.53 bits per heavy atom. The summed E-state index contributed by atoms with van der Waals surface area (Å²) < 4.78 is 5.16. The maximum absolute atomic E-state index is 7.72. The average molecular weight is 284 g/mol. The maximum Gasteiger partial charge on any atom is 0.126 e. The van der Waals surface area contributed by atoms with Crippen molar-refractivity contribution in [1.82, 2.24) is 0 Å². The number of amidine groups is 1. The van der Waals surface area contributed by atoms with E-state index in [2.05, 4.69) is 18.7 Å². The highest BCUT2D eigenvalue weighted by molar-refractivity contribution is 6.34. The van der Waals surface area contributed by atoms with Crippen LogP contribution in [0.2, 0.25) is 5.02 Å². The number of hydrogen-bond donors (Lipinski definition) is 2. The molecule has 0 heterocycles. The molecule has 0 aromatic heterocycles. The third-order valence-corrected chi connectivity index (χ3v) is 3.54. The lowest BCUT2D eigenvalue weighted by Gasteiger charge is -2.32. The number of benzene rings is 1. The largest absolute Gasteiger partial charge is 0.384 e. The number of nitrogens with zero attached hydrogens (tertiary/aromatic N) is 1. The lowest BCUT2D eigenvalue weighted by molar-refractivity contribution is 0.203. The predicted octanol–water partition coefficient (Wildman–Crippen LogP) is 2.88. The van der Waals surface area contributed by atoms with E-state index >= 15 is 0 Å². The molecule has 19 heavy (non-hydrogen) atoms. The summed E-state index contributed by atoms with van der Waals surface area (Å²) >= 11 is 6.17. The third-order valence-electron chi connectivity index (χ3n) is 3.23. The van der Waals surface area contributed by atoms with Crippen molar-refractivity contribution >= 4 is 23.1 Å². The molecule has 1 unspecified atom stereocenters. The van der Waals surface area contributed by atoms with E-state index in [1.807, 2.05) is 12.1 Å². The zero-order valence-electron chi connectivity index (χ0n) is 11.7. The fraction of sp³-hybridized carbons (Fsp3) is 0.500. The van der Waals surface area contributed by atoms with Crippen LogP contribution in [0.3, 0.4) is 0 Å². The lowest BCUT2D eigenvalue weighted by Crippen LogP contribution is -2.37. The molecule has 0 aliphatic rings. The molecule has 0 aliphatic heterocycles. The Bertz CT molecular complexity index is 437. The SMILES string of the molecule is CCC(C)N(CCOC)c1cccc(Cl)c1C(=N)N. The first kappa shape index (κ1) is 15.8. The number of halogens is 1. The number of nitrogen functional groups attached to an aromatic ring is 1. The normalized spacial score (nSPS) is 12.2. The fourth-order valence-electron chi connectivity index (χ4n) is 2.01. The highest BCUT2D eigenvalue weighted by atomic mass is 35.5. The van der Waals surface area contributed by atoms with Gasteiger partial charge in [0.05, 0.1) is 17.2 Å². The fourth-order valence-corrected chi connectivity index (χ4v) is 2.28. The Balaban J connectivity index is 3.21. The molecule has 106 valence electrons. The van der Waals surface area contributed by atoms with Crippen LogP contribution in [0, 0.1) is 5.41 Å². The van der Waals surface area contributed by atoms with Gasteiger partial charge in [-0.15, -0.1) is 0 Å². The van der Waals surface area contributed by atoms with E-state index < -0.39 is 0 Å². The second-order valence-electron chi connectivity index (χ2n) is 4.49. The van der Waals surface area contributed by atoms with Gasteiger partial charge >= 0.3 is 0 Å². The van der Waals surface area contributed by atoms with Crippen LogP contribution in [-0.4, -0.2) is 32.1 Å². The second kappa shape index (κ2) is 7.36. The minimum Gasteiger partial charge on any atom is -0.384 e. The first-order chi connectivity index (χ1) is 9.02. The van der Waals surface area contributed by atoms with Crippen molar-refractivity contribution in [1.29, 1.82) is 5.41 Å². The number of methoxy groups -OCH3 is 1. The summed E-state index contributed by atoms with van der Waals surface area (Å²) in [6, 6.07) is 5.91. The van der Waals surface area contributed by atoms with Gasteiger partial charge in [0.1, 0.15) is 5.84 Å². The van der Waals surface area contributed by atoms with Crippen LogP contribution in [0.5, 0.6) is 0 Å². The number of rotatable bonds is 7. The Morgan fingerprint density at radius 2 is 2.21 bits per heavy atom. The predicted molar refractivity (Wildman–Crippen MR) is 81.4 cm³/mol. The van der Waals surface area contributed by atoms with Gasteiger partial charge < -0.3 is 15.4 Å².